The zero-order valence-electron chi connectivity index (χ0n) is 11.0. The Morgan fingerprint density at radius 1 is 1.50 bits per heavy atom. The van der Waals surface area contributed by atoms with Crippen LogP contribution in [-0.4, -0.2) is 23.7 Å². The third-order valence-electron chi connectivity index (χ3n) is 1.95. The average molecular weight is 286 g/mol. The summed E-state index contributed by atoms with van der Waals surface area (Å²) >= 11 is 6.68. The molecule has 1 aromatic heterocycles. The van der Waals surface area contributed by atoms with E-state index >= 15 is 0 Å². The van der Waals surface area contributed by atoms with E-state index in [-0.39, 0.29) is 0 Å². The highest BCUT2D eigenvalue weighted by molar-refractivity contribution is 7.80. The predicted molar refractivity (Wildman–Crippen MR) is 78.2 cm³/mol. The molecule has 2 N–H and O–H groups in total. The maximum atomic E-state index is 11.5. The Morgan fingerprint density at radius 2 is 2.17 bits per heavy atom. The molecule has 18 heavy (non-hydrogen) atoms. The second kappa shape index (κ2) is 6.15. The third kappa shape index (κ3) is 5.01. The fourth-order valence-electron chi connectivity index (χ4n) is 1.21. The van der Waals surface area contributed by atoms with Crippen molar-refractivity contribution in [3.05, 3.63) is 21.9 Å². The van der Waals surface area contributed by atoms with Gasteiger partial charge in [-0.15, -0.1) is 11.3 Å². The molecule has 0 aromatic carbocycles. The van der Waals surface area contributed by atoms with Crippen molar-refractivity contribution in [2.75, 3.05) is 7.05 Å². The molecule has 0 atom stereocenters. The number of thiocarbonyl (C=S) groups is 1. The largest absolute Gasteiger partial charge is 0.444 e. The molecule has 0 aliphatic heterocycles. The lowest BCUT2D eigenvalue weighted by Crippen LogP contribution is -2.31. The Labute approximate surface area is 117 Å². The van der Waals surface area contributed by atoms with Gasteiger partial charge >= 0.3 is 6.09 Å². The number of carbonyl (C=O) groups excluding carboxylic acids is 1. The first-order valence-corrected chi connectivity index (χ1v) is 6.87. The Balaban J connectivity index is 2.47. The average Bonchev–Trinajstić information content (AvgIpc) is 2.71. The van der Waals surface area contributed by atoms with Gasteiger partial charge in [-0.1, -0.05) is 12.2 Å². The maximum absolute atomic E-state index is 11.5. The SMILES string of the molecule is CNC(=S)c1csc(CNC(=O)OC(C)(C)C)c1. The van der Waals surface area contributed by atoms with Crippen molar-refractivity contribution in [1.82, 2.24) is 10.6 Å². The van der Waals surface area contributed by atoms with E-state index in [1.807, 2.05) is 32.2 Å². The fourth-order valence-corrected chi connectivity index (χ4v) is 2.22. The summed E-state index contributed by atoms with van der Waals surface area (Å²) in [4.78, 5) is 13.2. The van der Waals surface area contributed by atoms with Crippen LogP contribution in [0, 0.1) is 0 Å². The summed E-state index contributed by atoms with van der Waals surface area (Å²) < 4.78 is 5.15. The minimum absolute atomic E-state index is 0.409. The number of carbonyl (C=O) groups is 1. The van der Waals surface area contributed by atoms with E-state index in [1.54, 1.807) is 18.4 Å². The van der Waals surface area contributed by atoms with Gasteiger partial charge in [0.05, 0.1) is 6.54 Å². The molecule has 0 saturated carbocycles. The van der Waals surface area contributed by atoms with Gasteiger partial charge in [0.25, 0.3) is 0 Å². The lowest BCUT2D eigenvalue weighted by atomic mass is 10.2. The van der Waals surface area contributed by atoms with Gasteiger partial charge in [0, 0.05) is 22.9 Å². The second-order valence-corrected chi connectivity index (χ2v) is 6.14. The number of hydrogen-bond donors (Lipinski definition) is 2. The highest BCUT2D eigenvalue weighted by Gasteiger charge is 2.15. The molecule has 4 nitrogen and oxygen atoms in total. The van der Waals surface area contributed by atoms with Crippen molar-refractivity contribution in [2.24, 2.45) is 0 Å². The summed E-state index contributed by atoms with van der Waals surface area (Å²) in [5, 5.41) is 7.59. The first kappa shape index (κ1) is 14.9. The van der Waals surface area contributed by atoms with Gasteiger partial charge in [-0.3, -0.25) is 0 Å². The van der Waals surface area contributed by atoms with Crippen molar-refractivity contribution in [1.29, 1.82) is 0 Å². The minimum Gasteiger partial charge on any atom is -0.444 e. The smallest absolute Gasteiger partial charge is 0.407 e. The number of alkyl carbamates (subject to hydrolysis) is 1. The molecule has 1 amide bonds. The van der Waals surface area contributed by atoms with Crippen molar-refractivity contribution in [3.8, 4) is 0 Å². The molecule has 0 saturated heterocycles. The zero-order chi connectivity index (χ0) is 13.8. The molecule has 1 heterocycles. The summed E-state index contributed by atoms with van der Waals surface area (Å²) in [6.45, 7) is 5.95. The Morgan fingerprint density at radius 3 is 2.72 bits per heavy atom. The molecule has 0 unspecified atom stereocenters. The number of ether oxygens (including phenoxy) is 1. The highest BCUT2D eigenvalue weighted by atomic mass is 32.1. The number of amides is 1. The van der Waals surface area contributed by atoms with Crippen LogP contribution in [0.1, 0.15) is 31.2 Å². The number of nitrogens with one attached hydrogen (secondary N) is 2. The van der Waals surface area contributed by atoms with Crippen LogP contribution in [-0.2, 0) is 11.3 Å². The minimum atomic E-state index is -0.474. The number of thiophene rings is 1. The molecule has 0 spiro atoms. The zero-order valence-corrected chi connectivity index (χ0v) is 12.6. The molecule has 1 aromatic rings. The standard InChI is InChI=1S/C12H18N2O2S2/c1-12(2,3)16-11(15)14-6-9-5-8(7-18-9)10(17)13-4/h5,7H,6H2,1-4H3,(H,13,17)(H,14,15). The Hall–Kier alpha value is -1.14. The predicted octanol–water partition coefficient (Wildman–Crippen LogP) is 2.67. The normalized spacial score (nSPS) is 10.9. The van der Waals surface area contributed by atoms with Gasteiger partial charge in [0.2, 0.25) is 0 Å². The summed E-state index contributed by atoms with van der Waals surface area (Å²) in [5.41, 5.74) is 0.497. The third-order valence-corrected chi connectivity index (χ3v) is 3.33. The van der Waals surface area contributed by atoms with Gasteiger partial charge in [0.1, 0.15) is 10.6 Å². The van der Waals surface area contributed by atoms with Crippen LogP contribution in [0.25, 0.3) is 0 Å². The molecule has 0 aliphatic carbocycles. The van der Waals surface area contributed by atoms with Crippen LogP contribution in [0.5, 0.6) is 0 Å². The fraction of sp³-hybridized carbons (Fsp3) is 0.500. The van der Waals surface area contributed by atoms with Crippen LogP contribution >= 0.6 is 23.6 Å². The van der Waals surface area contributed by atoms with E-state index in [2.05, 4.69) is 10.6 Å². The van der Waals surface area contributed by atoms with Crippen LogP contribution in [0.3, 0.4) is 0 Å². The summed E-state index contributed by atoms with van der Waals surface area (Å²) in [7, 11) is 1.79. The van der Waals surface area contributed by atoms with Crippen molar-refractivity contribution in [2.45, 2.75) is 32.9 Å². The lowest BCUT2D eigenvalue weighted by molar-refractivity contribution is 0.0524. The van der Waals surface area contributed by atoms with E-state index in [0.717, 1.165) is 10.4 Å². The highest BCUT2D eigenvalue weighted by Crippen LogP contribution is 2.15. The van der Waals surface area contributed by atoms with Gasteiger partial charge in [-0.2, -0.15) is 0 Å². The summed E-state index contributed by atoms with van der Waals surface area (Å²) in [6.07, 6.45) is -0.409. The van der Waals surface area contributed by atoms with Crippen LogP contribution in [0.4, 0.5) is 4.79 Å². The molecule has 0 bridgehead atoms. The lowest BCUT2D eigenvalue weighted by Gasteiger charge is -2.19. The number of hydrogen-bond acceptors (Lipinski definition) is 4. The van der Waals surface area contributed by atoms with Crippen LogP contribution in [0.15, 0.2) is 11.4 Å². The molecule has 1 rings (SSSR count). The molecule has 0 aliphatic rings. The molecular formula is C12H18N2O2S2. The first-order valence-electron chi connectivity index (χ1n) is 5.58. The number of rotatable bonds is 3. The monoisotopic (exact) mass is 286 g/mol. The summed E-state index contributed by atoms with van der Waals surface area (Å²) in [5.74, 6) is 0. The molecular weight excluding hydrogens is 268 g/mol. The van der Waals surface area contributed by atoms with Crippen molar-refractivity contribution >= 4 is 34.6 Å². The molecule has 100 valence electrons. The van der Waals surface area contributed by atoms with E-state index in [9.17, 15) is 4.79 Å². The van der Waals surface area contributed by atoms with E-state index in [1.165, 1.54) is 0 Å². The van der Waals surface area contributed by atoms with Crippen molar-refractivity contribution < 1.29 is 9.53 Å². The van der Waals surface area contributed by atoms with Gasteiger partial charge < -0.3 is 15.4 Å². The van der Waals surface area contributed by atoms with E-state index in [4.69, 9.17) is 17.0 Å². The summed E-state index contributed by atoms with van der Waals surface area (Å²) in [6, 6.07) is 1.96. The van der Waals surface area contributed by atoms with Gasteiger partial charge in [0.15, 0.2) is 0 Å². The Kier molecular flexibility index (Phi) is 5.10. The topological polar surface area (TPSA) is 50.4 Å². The second-order valence-electron chi connectivity index (χ2n) is 4.74. The van der Waals surface area contributed by atoms with E-state index in [0.29, 0.717) is 11.5 Å². The molecule has 0 fully saturated rings. The quantitative estimate of drug-likeness (QED) is 0.839. The van der Waals surface area contributed by atoms with E-state index < -0.39 is 11.7 Å². The first-order chi connectivity index (χ1) is 8.31. The van der Waals surface area contributed by atoms with Gasteiger partial charge in [-0.25, -0.2) is 4.79 Å². The van der Waals surface area contributed by atoms with Crippen LogP contribution in [0.2, 0.25) is 0 Å². The van der Waals surface area contributed by atoms with Crippen molar-refractivity contribution in [3.63, 3.8) is 0 Å². The Bertz CT molecular complexity index is 436. The maximum Gasteiger partial charge on any atom is 0.407 e. The van der Waals surface area contributed by atoms with Gasteiger partial charge in [-0.05, 0) is 26.8 Å². The molecule has 0 radical (unpaired) electrons. The molecule has 6 heteroatoms. The van der Waals surface area contributed by atoms with Crippen LogP contribution < -0.4 is 10.6 Å².